The van der Waals surface area contributed by atoms with Crippen molar-refractivity contribution in [2.75, 3.05) is 0 Å². The number of aromatic nitrogens is 2. The number of imidazole rings is 1. The van der Waals surface area contributed by atoms with Crippen molar-refractivity contribution in [1.82, 2.24) is 14.9 Å². The zero-order valence-corrected chi connectivity index (χ0v) is 19.7. The van der Waals surface area contributed by atoms with Crippen LogP contribution in [0.5, 0.6) is 0 Å². The maximum Gasteiger partial charge on any atom is 0.373 e. The average Bonchev–Trinajstić information content (AvgIpc) is 3.22. The fourth-order valence-corrected chi connectivity index (χ4v) is 4.03. The molecule has 0 unspecified atom stereocenters. The number of carbonyl (C=O) groups excluding carboxylic acids is 3. The van der Waals surface area contributed by atoms with Gasteiger partial charge in [0.1, 0.15) is 0 Å². The Morgan fingerprint density at radius 1 is 0.941 bits per heavy atom. The summed E-state index contributed by atoms with van der Waals surface area (Å²) in [6, 6.07) is 24.9. The van der Waals surface area contributed by atoms with Crippen molar-refractivity contribution in [3.05, 3.63) is 90.3 Å². The van der Waals surface area contributed by atoms with E-state index in [0.29, 0.717) is 11.5 Å². The number of hydrogen-bond donors (Lipinski definition) is 1. The van der Waals surface area contributed by atoms with E-state index in [0.717, 1.165) is 24.0 Å². The van der Waals surface area contributed by atoms with E-state index >= 15 is 0 Å². The minimum absolute atomic E-state index is 0.0406. The Morgan fingerprint density at radius 2 is 1.59 bits per heavy atom. The second-order valence-electron chi connectivity index (χ2n) is 8.73. The molecule has 0 saturated heterocycles. The van der Waals surface area contributed by atoms with E-state index in [1.165, 1.54) is 16.7 Å². The first kappa shape index (κ1) is 24.6. The van der Waals surface area contributed by atoms with Gasteiger partial charge < -0.3 is 9.88 Å². The lowest BCUT2D eigenvalue weighted by Gasteiger charge is -2.16. The van der Waals surface area contributed by atoms with Gasteiger partial charge in [0.25, 0.3) is 5.91 Å². The van der Waals surface area contributed by atoms with Gasteiger partial charge in [-0.1, -0.05) is 68.4 Å². The van der Waals surface area contributed by atoms with Crippen LogP contribution in [0.2, 0.25) is 0 Å². The summed E-state index contributed by atoms with van der Waals surface area (Å²) in [4.78, 5) is 33.4. The third kappa shape index (κ3) is 6.50. The summed E-state index contributed by atoms with van der Waals surface area (Å²) in [5.41, 5.74) is 6.16. The van der Waals surface area contributed by atoms with Crippen molar-refractivity contribution in [2.24, 2.45) is 5.92 Å². The highest BCUT2D eigenvalue weighted by molar-refractivity contribution is 5.97. The van der Waals surface area contributed by atoms with E-state index in [9.17, 15) is 4.79 Å². The highest BCUT2D eigenvalue weighted by Gasteiger charge is 2.13. The van der Waals surface area contributed by atoms with E-state index in [2.05, 4.69) is 77.2 Å². The molecule has 1 amide bonds. The molecule has 174 valence electrons. The first-order valence-electron chi connectivity index (χ1n) is 11.3. The molecule has 6 nitrogen and oxygen atoms in total. The molecule has 1 aromatic heterocycles. The van der Waals surface area contributed by atoms with Gasteiger partial charge in [-0.3, -0.25) is 4.79 Å². The van der Waals surface area contributed by atoms with Crippen molar-refractivity contribution in [3.8, 4) is 11.1 Å². The maximum absolute atomic E-state index is 12.6. The molecular formula is C28H29N3O3. The molecule has 1 N–H and O–H groups in total. The minimum atomic E-state index is -0.0406. The molecule has 0 aliphatic heterocycles. The number of benzene rings is 3. The molecule has 0 aliphatic carbocycles. The van der Waals surface area contributed by atoms with Crippen LogP contribution in [0, 0.1) is 5.92 Å². The molecule has 34 heavy (non-hydrogen) atoms. The lowest BCUT2D eigenvalue weighted by Crippen LogP contribution is -2.33. The summed E-state index contributed by atoms with van der Waals surface area (Å²) in [5, 5.41) is 3.08. The fraction of sp³-hybridized carbons (Fsp3) is 0.250. The normalized spacial score (nSPS) is 11.4. The molecule has 4 aromatic rings. The molecule has 0 aliphatic rings. The van der Waals surface area contributed by atoms with Gasteiger partial charge >= 0.3 is 6.15 Å². The van der Waals surface area contributed by atoms with Crippen LogP contribution in [0.3, 0.4) is 0 Å². The molecule has 4 rings (SSSR count). The smallest absolute Gasteiger partial charge is 0.350 e. The number of nitrogens with zero attached hydrogens (tertiary/aromatic N) is 2. The Kier molecular flexibility index (Phi) is 8.49. The molecule has 3 aromatic carbocycles. The van der Waals surface area contributed by atoms with Gasteiger partial charge in [-0.25, -0.2) is 4.98 Å². The van der Waals surface area contributed by atoms with Gasteiger partial charge in [-0.05, 0) is 54.2 Å². The first-order chi connectivity index (χ1) is 16.4. The van der Waals surface area contributed by atoms with Gasteiger partial charge in [0.2, 0.25) is 0 Å². The Balaban J connectivity index is 0.00000103. The number of nitrogens with one attached hydrogen (secondary N) is 1. The summed E-state index contributed by atoms with van der Waals surface area (Å²) in [6.07, 6.45) is 3.06. The van der Waals surface area contributed by atoms with Gasteiger partial charge in [-0.2, -0.15) is 9.59 Å². The van der Waals surface area contributed by atoms with Crippen LogP contribution >= 0.6 is 0 Å². The van der Waals surface area contributed by atoms with Crippen LogP contribution in [-0.2, 0) is 16.1 Å². The van der Waals surface area contributed by atoms with E-state index in [-0.39, 0.29) is 18.1 Å². The molecule has 1 heterocycles. The zero-order valence-electron chi connectivity index (χ0n) is 19.7. The quantitative estimate of drug-likeness (QED) is 0.408. The van der Waals surface area contributed by atoms with Crippen LogP contribution in [0.25, 0.3) is 22.2 Å². The number of amides is 1. The lowest BCUT2D eigenvalue weighted by atomic mass is 10.0. The maximum atomic E-state index is 12.6. The molecule has 0 saturated carbocycles. The Hall–Kier alpha value is -4.02. The van der Waals surface area contributed by atoms with Crippen LogP contribution < -0.4 is 5.32 Å². The molecule has 0 fully saturated rings. The third-order valence-corrected chi connectivity index (χ3v) is 5.50. The second kappa shape index (κ2) is 11.7. The lowest BCUT2D eigenvalue weighted by molar-refractivity contribution is -0.191. The highest BCUT2D eigenvalue weighted by atomic mass is 16.2. The zero-order chi connectivity index (χ0) is 24.5. The molecule has 1 atom stereocenters. The summed E-state index contributed by atoms with van der Waals surface area (Å²) < 4.78 is 2.12. The van der Waals surface area contributed by atoms with Crippen molar-refractivity contribution >= 4 is 23.1 Å². The van der Waals surface area contributed by atoms with Gasteiger partial charge in [-0.15, -0.1) is 0 Å². The fourth-order valence-electron chi connectivity index (χ4n) is 4.03. The summed E-state index contributed by atoms with van der Waals surface area (Å²) in [6.45, 7) is 7.11. The first-order valence-corrected chi connectivity index (χ1v) is 11.3. The summed E-state index contributed by atoms with van der Waals surface area (Å²) in [7, 11) is 0. The molecular weight excluding hydrogens is 426 g/mol. The SMILES string of the molecule is CC(C)C[C@H](C)NC(=O)c1ccc2c(c1)ncn2Cc1ccc(-c2ccccc2)cc1.O=C=O. The van der Waals surface area contributed by atoms with Gasteiger partial charge in [0.05, 0.1) is 17.4 Å². The number of rotatable bonds is 7. The van der Waals surface area contributed by atoms with Crippen LogP contribution in [0.4, 0.5) is 0 Å². The second-order valence-corrected chi connectivity index (χ2v) is 8.73. The largest absolute Gasteiger partial charge is 0.373 e. The summed E-state index contributed by atoms with van der Waals surface area (Å²) >= 11 is 0. The average molecular weight is 456 g/mol. The highest BCUT2D eigenvalue weighted by Crippen LogP contribution is 2.21. The minimum Gasteiger partial charge on any atom is -0.350 e. The summed E-state index contributed by atoms with van der Waals surface area (Å²) in [5.74, 6) is 0.510. The van der Waals surface area contributed by atoms with Crippen molar-refractivity contribution in [2.45, 2.75) is 39.8 Å². The Morgan fingerprint density at radius 3 is 2.24 bits per heavy atom. The van der Waals surface area contributed by atoms with E-state index < -0.39 is 0 Å². The number of carbonyl (C=O) groups is 1. The van der Waals surface area contributed by atoms with Gasteiger partial charge in [0.15, 0.2) is 0 Å². The van der Waals surface area contributed by atoms with Gasteiger partial charge in [0, 0.05) is 18.2 Å². The Labute approximate surface area is 199 Å². The van der Waals surface area contributed by atoms with E-state index in [1.807, 2.05) is 37.5 Å². The molecule has 0 bridgehead atoms. The van der Waals surface area contributed by atoms with E-state index in [4.69, 9.17) is 9.59 Å². The molecule has 0 spiro atoms. The number of hydrogen-bond acceptors (Lipinski definition) is 4. The van der Waals surface area contributed by atoms with Crippen LogP contribution in [-0.4, -0.2) is 27.7 Å². The predicted octanol–water partition coefficient (Wildman–Crippen LogP) is 5.33. The number of fused-ring (bicyclic) bond motifs is 1. The van der Waals surface area contributed by atoms with Crippen molar-refractivity contribution in [1.29, 1.82) is 0 Å². The third-order valence-electron chi connectivity index (χ3n) is 5.50. The monoisotopic (exact) mass is 455 g/mol. The predicted molar refractivity (Wildman–Crippen MR) is 132 cm³/mol. The topological polar surface area (TPSA) is 81.1 Å². The standard InChI is InChI=1S/C27H29N3O.CO2/c1-19(2)15-20(3)29-27(31)24-13-14-26-25(16-24)28-18-30(26)17-21-9-11-23(12-10-21)22-7-5-4-6-8-22;2-1-3/h4-14,16,18-20H,15,17H2,1-3H3,(H,29,31);/t20-;/m0./s1. The van der Waals surface area contributed by atoms with Crippen molar-refractivity contribution in [3.63, 3.8) is 0 Å². The van der Waals surface area contributed by atoms with E-state index in [1.54, 1.807) is 0 Å². The van der Waals surface area contributed by atoms with Crippen LogP contribution in [0.15, 0.2) is 79.1 Å². The Bertz CT molecular complexity index is 1260. The molecule has 6 heteroatoms. The van der Waals surface area contributed by atoms with Crippen LogP contribution in [0.1, 0.15) is 43.1 Å². The van der Waals surface area contributed by atoms with Crippen molar-refractivity contribution < 1.29 is 14.4 Å². The molecule has 0 radical (unpaired) electrons.